The molecule has 1 unspecified atom stereocenters. The summed E-state index contributed by atoms with van der Waals surface area (Å²) in [6, 6.07) is 14.4. The minimum Gasteiger partial charge on any atom is -0.497 e. The van der Waals surface area contributed by atoms with Gasteiger partial charge in [-0.25, -0.2) is 0 Å². The van der Waals surface area contributed by atoms with Crippen LogP contribution in [0.1, 0.15) is 59.2 Å². The second-order valence-corrected chi connectivity index (χ2v) is 8.74. The number of benzene rings is 2. The predicted octanol–water partition coefficient (Wildman–Crippen LogP) is 3.62. The van der Waals surface area contributed by atoms with Crippen LogP contribution in [-0.4, -0.2) is 54.8 Å². The molecule has 0 radical (unpaired) electrons. The Morgan fingerprint density at radius 1 is 1.12 bits per heavy atom. The number of rotatable bonds is 8. The van der Waals surface area contributed by atoms with Crippen LogP contribution in [-0.2, 0) is 4.79 Å². The molecule has 2 aromatic carbocycles. The van der Waals surface area contributed by atoms with Crippen molar-refractivity contribution in [2.45, 2.75) is 44.1 Å². The number of nitrogens with zero attached hydrogens (tertiary/aromatic N) is 1. The van der Waals surface area contributed by atoms with Crippen LogP contribution < -0.4 is 14.8 Å². The molecule has 0 aliphatic carbocycles. The zero-order valence-corrected chi connectivity index (χ0v) is 19.0. The normalized spacial score (nSPS) is 19.2. The van der Waals surface area contributed by atoms with E-state index in [0.717, 1.165) is 19.3 Å². The van der Waals surface area contributed by atoms with Crippen molar-refractivity contribution in [2.75, 3.05) is 26.7 Å². The number of fused-ring (bicyclic) bond motifs is 1. The molecule has 1 saturated heterocycles. The minimum absolute atomic E-state index is 0.0296. The molecule has 1 atom stereocenters. The van der Waals surface area contributed by atoms with Gasteiger partial charge in [-0.15, -0.1) is 0 Å². The van der Waals surface area contributed by atoms with Gasteiger partial charge in [0.05, 0.1) is 25.6 Å². The number of nitrogens with one attached hydrogen (secondary N) is 1. The van der Waals surface area contributed by atoms with E-state index in [4.69, 9.17) is 9.47 Å². The first kappa shape index (κ1) is 22.8. The third-order valence-corrected chi connectivity index (χ3v) is 6.35. The van der Waals surface area contributed by atoms with Gasteiger partial charge in [-0.05, 0) is 43.2 Å². The molecule has 174 valence electrons. The van der Waals surface area contributed by atoms with Crippen molar-refractivity contribution >= 4 is 17.6 Å². The Morgan fingerprint density at radius 2 is 1.94 bits per heavy atom. The summed E-state index contributed by atoms with van der Waals surface area (Å²) < 4.78 is 11.4. The topological polar surface area (TPSA) is 84.9 Å². The number of ketones is 1. The lowest BCUT2D eigenvalue weighted by Crippen LogP contribution is -2.45. The molecule has 7 nitrogen and oxygen atoms in total. The van der Waals surface area contributed by atoms with Gasteiger partial charge >= 0.3 is 0 Å². The largest absolute Gasteiger partial charge is 0.497 e. The Kier molecular flexibility index (Phi) is 6.96. The Balaban J connectivity index is 1.19. The van der Waals surface area contributed by atoms with Gasteiger partial charge in [0, 0.05) is 31.5 Å². The van der Waals surface area contributed by atoms with Gasteiger partial charge in [-0.3, -0.25) is 14.4 Å². The number of ether oxygens (including phenoxy) is 2. The molecule has 0 bridgehead atoms. The molecular weight excluding hydrogens is 420 g/mol. The first-order valence-corrected chi connectivity index (χ1v) is 11.5. The van der Waals surface area contributed by atoms with Crippen molar-refractivity contribution in [1.82, 2.24) is 10.2 Å². The lowest BCUT2D eigenvalue weighted by atomic mass is 9.89. The molecule has 7 heteroatoms. The Labute approximate surface area is 194 Å². The maximum absolute atomic E-state index is 12.7. The zero-order chi connectivity index (χ0) is 23.3. The number of Topliss-reactive ketones (excluding diaryl/α,β-unsaturated/α-hetero) is 1. The standard InChI is InChI=1S/C26H30N2O5/c1-32-20-11-12-23-21(16-20)22(29)17-26(33-23)13-15-28(18-26)24(30)10-6-3-7-14-27-25(31)19-8-4-2-5-9-19/h2,4-5,8-9,11-12,16H,3,6-7,10,13-15,17-18H2,1H3,(H,27,31). The summed E-state index contributed by atoms with van der Waals surface area (Å²) in [5, 5.41) is 2.91. The first-order valence-electron chi connectivity index (χ1n) is 11.5. The van der Waals surface area contributed by atoms with Gasteiger partial charge < -0.3 is 19.7 Å². The second-order valence-electron chi connectivity index (χ2n) is 8.74. The number of hydrogen-bond donors (Lipinski definition) is 1. The quantitative estimate of drug-likeness (QED) is 0.621. The third kappa shape index (κ3) is 5.35. The summed E-state index contributed by atoms with van der Waals surface area (Å²) in [5.74, 6) is 1.25. The zero-order valence-electron chi connectivity index (χ0n) is 19.0. The van der Waals surface area contributed by atoms with E-state index in [1.54, 1.807) is 37.4 Å². The van der Waals surface area contributed by atoms with Crippen LogP contribution in [0.2, 0.25) is 0 Å². The van der Waals surface area contributed by atoms with Crippen LogP contribution in [0.3, 0.4) is 0 Å². The summed E-state index contributed by atoms with van der Waals surface area (Å²) in [6.45, 7) is 1.63. The first-order chi connectivity index (χ1) is 16.0. The fourth-order valence-electron chi connectivity index (χ4n) is 4.51. The van der Waals surface area contributed by atoms with Crippen LogP contribution in [0.4, 0.5) is 0 Å². The minimum atomic E-state index is -0.629. The van der Waals surface area contributed by atoms with Crippen LogP contribution in [0, 0.1) is 0 Å². The van der Waals surface area contributed by atoms with E-state index in [0.29, 0.717) is 55.1 Å². The second kappa shape index (κ2) is 10.1. The predicted molar refractivity (Wildman–Crippen MR) is 124 cm³/mol. The molecule has 33 heavy (non-hydrogen) atoms. The molecule has 2 heterocycles. The van der Waals surface area contributed by atoms with Crippen LogP contribution in [0.5, 0.6) is 11.5 Å². The summed E-state index contributed by atoms with van der Waals surface area (Å²) in [4.78, 5) is 39.3. The molecule has 2 aliphatic rings. The van der Waals surface area contributed by atoms with E-state index >= 15 is 0 Å². The SMILES string of the molecule is COc1ccc2c(c1)C(=O)CC1(CCN(C(=O)CCCCCNC(=O)c3ccccc3)C1)O2. The Morgan fingerprint density at radius 3 is 2.73 bits per heavy atom. The Hall–Kier alpha value is -3.35. The van der Waals surface area contributed by atoms with Crippen molar-refractivity contribution < 1.29 is 23.9 Å². The van der Waals surface area contributed by atoms with Crippen LogP contribution in [0.25, 0.3) is 0 Å². The van der Waals surface area contributed by atoms with Crippen molar-refractivity contribution in [3.05, 3.63) is 59.7 Å². The number of hydrogen-bond acceptors (Lipinski definition) is 5. The van der Waals surface area contributed by atoms with Crippen LogP contribution in [0.15, 0.2) is 48.5 Å². The third-order valence-electron chi connectivity index (χ3n) is 6.35. The molecule has 0 aromatic heterocycles. The summed E-state index contributed by atoms with van der Waals surface area (Å²) in [5.41, 5.74) is 0.570. The van der Waals surface area contributed by atoms with E-state index < -0.39 is 5.60 Å². The molecule has 2 aliphatic heterocycles. The number of carbonyl (C=O) groups excluding carboxylic acids is 3. The number of amides is 2. The molecule has 4 rings (SSSR count). The number of likely N-dealkylation sites (tertiary alicyclic amines) is 1. The van der Waals surface area contributed by atoms with Gasteiger partial charge in [0.15, 0.2) is 5.78 Å². The highest BCUT2D eigenvalue weighted by Gasteiger charge is 2.46. The van der Waals surface area contributed by atoms with Gasteiger partial charge in [-0.2, -0.15) is 0 Å². The van der Waals surface area contributed by atoms with E-state index in [-0.39, 0.29) is 24.0 Å². The fourth-order valence-corrected chi connectivity index (χ4v) is 4.51. The van der Waals surface area contributed by atoms with Crippen molar-refractivity contribution in [2.24, 2.45) is 0 Å². The highest BCUT2D eigenvalue weighted by molar-refractivity contribution is 6.01. The fraction of sp³-hybridized carbons (Fsp3) is 0.423. The number of unbranched alkanes of at least 4 members (excludes halogenated alkanes) is 2. The van der Waals surface area contributed by atoms with Gasteiger partial charge in [0.2, 0.25) is 5.91 Å². The lowest BCUT2D eigenvalue weighted by molar-refractivity contribution is -0.131. The van der Waals surface area contributed by atoms with Crippen molar-refractivity contribution in [1.29, 1.82) is 0 Å². The average Bonchev–Trinajstić information content (AvgIpc) is 3.24. The molecule has 0 saturated carbocycles. The van der Waals surface area contributed by atoms with E-state index in [9.17, 15) is 14.4 Å². The van der Waals surface area contributed by atoms with Crippen molar-refractivity contribution in [3.63, 3.8) is 0 Å². The summed E-state index contributed by atoms with van der Waals surface area (Å²) in [6.07, 6.45) is 3.85. The summed E-state index contributed by atoms with van der Waals surface area (Å²) >= 11 is 0. The van der Waals surface area contributed by atoms with Gasteiger partial charge in [-0.1, -0.05) is 24.6 Å². The molecule has 2 aromatic rings. The van der Waals surface area contributed by atoms with Gasteiger partial charge in [0.1, 0.15) is 17.1 Å². The van der Waals surface area contributed by atoms with E-state index in [2.05, 4.69) is 5.32 Å². The maximum atomic E-state index is 12.7. The molecule has 1 spiro atoms. The highest BCUT2D eigenvalue weighted by atomic mass is 16.5. The van der Waals surface area contributed by atoms with Crippen LogP contribution >= 0.6 is 0 Å². The molecule has 1 fully saturated rings. The summed E-state index contributed by atoms with van der Waals surface area (Å²) in [7, 11) is 1.57. The monoisotopic (exact) mass is 450 g/mol. The molecular formula is C26H30N2O5. The van der Waals surface area contributed by atoms with Crippen molar-refractivity contribution in [3.8, 4) is 11.5 Å². The molecule has 2 amide bonds. The average molecular weight is 451 g/mol. The number of methoxy groups -OCH3 is 1. The Bertz CT molecular complexity index is 1020. The smallest absolute Gasteiger partial charge is 0.251 e. The number of carbonyl (C=O) groups is 3. The maximum Gasteiger partial charge on any atom is 0.251 e. The molecule has 1 N–H and O–H groups in total. The van der Waals surface area contributed by atoms with Gasteiger partial charge in [0.25, 0.3) is 5.91 Å². The van der Waals surface area contributed by atoms with E-state index in [1.807, 2.05) is 23.1 Å². The highest BCUT2D eigenvalue weighted by Crippen LogP contribution is 2.40. The lowest BCUT2D eigenvalue weighted by Gasteiger charge is -2.34. The van der Waals surface area contributed by atoms with E-state index in [1.165, 1.54) is 0 Å².